The molecule has 1 aliphatic heterocycles. The van der Waals surface area contributed by atoms with Crippen LogP contribution in [0.1, 0.15) is 31.0 Å². The number of carbonyl (C=O) groups is 1. The molecule has 3 rings (SSSR count). The molecule has 9 nitrogen and oxygen atoms in total. The van der Waals surface area contributed by atoms with Crippen molar-refractivity contribution in [1.82, 2.24) is 34.7 Å². The molecule has 9 heteroatoms. The summed E-state index contributed by atoms with van der Waals surface area (Å²) in [5.41, 5.74) is 0. The summed E-state index contributed by atoms with van der Waals surface area (Å²) >= 11 is 0. The topological polar surface area (TPSA) is 91.0 Å². The molecule has 0 unspecified atom stereocenters. The van der Waals surface area contributed by atoms with Gasteiger partial charge in [0.1, 0.15) is 12.2 Å². The molecular formula is C15H23N7O2. The number of nitrogens with zero attached hydrogens (tertiary/aromatic N) is 7. The van der Waals surface area contributed by atoms with Gasteiger partial charge in [-0.15, -0.1) is 5.10 Å². The summed E-state index contributed by atoms with van der Waals surface area (Å²) in [6.45, 7) is 3.48. The zero-order chi connectivity index (χ0) is 16.8. The minimum atomic E-state index is 0.144. The highest BCUT2D eigenvalue weighted by molar-refractivity contribution is 5.76. The van der Waals surface area contributed by atoms with Gasteiger partial charge in [0, 0.05) is 51.5 Å². The van der Waals surface area contributed by atoms with E-state index in [1.165, 1.54) is 6.33 Å². The molecule has 2 aromatic rings. The molecule has 0 aliphatic carbocycles. The lowest BCUT2D eigenvalue weighted by molar-refractivity contribution is -0.132. The molecule has 24 heavy (non-hydrogen) atoms. The van der Waals surface area contributed by atoms with E-state index in [0.29, 0.717) is 19.6 Å². The van der Waals surface area contributed by atoms with Crippen molar-refractivity contribution in [2.75, 3.05) is 26.8 Å². The summed E-state index contributed by atoms with van der Waals surface area (Å²) in [5, 5.41) is 10.9. The minimum absolute atomic E-state index is 0.144. The number of amides is 1. The number of ether oxygens (including phenoxy) is 1. The normalized spacial score (nSPS) is 18.0. The van der Waals surface area contributed by atoms with Gasteiger partial charge in [-0.1, -0.05) is 0 Å². The van der Waals surface area contributed by atoms with Crippen molar-refractivity contribution in [2.45, 2.75) is 38.3 Å². The Morgan fingerprint density at radius 2 is 2.33 bits per heavy atom. The van der Waals surface area contributed by atoms with Crippen molar-refractivity contribution >= 4 is 5.91 Å². The number of aromatic nitrogens is 6. The highest BCUT2D eigenvalue weighted by Crippen LogP contribution is 2.26. The first-order valence-corrected chi connectivity index (χ1v) is 8.26. The van der Waals surface area contributed by atoms with E-state index in [-0.39, 0.29) is 11.8 Å². The third-order valence-corrected chi connectivity index (χ3v) is 4.37. The van der Waals surface area contributed by atoms with Crippen molar-refractivity contribution < 1.29 is 9.53 Å². The summed E-state index contributed by atoms with van der Waals surface area (Å²) in [7, 11) is 1.70. The van der Waals surface area contributed by atoms with Crippen LogP contribution in [-0.2, 0) is 22.6 Å². The standard InChI is InChI=1S/C15H23N7O2/c1-24-10-9-20-8-5-16-15(20)13-3-2-6-21(11-13)14(23)4-7-22-12-17-18-19-22/h5,8,12-13H,2-4,6-7,9-11H2,1H3/t13-/m0/s1. The van der Waals surface area contributed by atoms with E-state index >= 15 is 0 Å². The van der Waals surface area contributed by atoms with E-state index in [9.17, 15) is 4.79 Å². The van der Waals surface area contributed by atoms with Crippen LogP contribution in [0.25, 0.3) is 0 Å². The van der Waals surface area contributed by atoms with Gasteiger partial charge in [-0.25, -0.2) is 9.67 Å². The van der Waals surface area contributed by atoms with Gasteiger partial charge < -0.3 is 14.2 Å². The van der Waals surface area contributed by atoms with E-state index in [4.69, 9.17) is 4.74 Å². The SMILES string of the molecule is COCCn1ccnc1[C@H]1CCCN(C(=O)CCn2cnnn2)C1. The van der Waals surface area contributed by atoms with Crippen molar-refractivity contribution in [3.8, 4) is 0 Å². The number of imidazole rings is 1. The fraction of sp³-hybridized carbons (Fsp3) is 0.667. The fourth-order valence-electron chi connectivity index (χ4n) is 3.12. The molecule has 0 aromatic carbocycles. The Morgan fingerprint density at radius 3 is 3.12 bits per heavy atom. The van der Waals surface area contributed by atoms with Gasteiger partial charge in [-0.3, -0.25) is 4.79 Å². The van der Waals surface area contributed by atoms with Crippen LogP contribution in [0.5, 0.6) is 0 Å². The number of likely N-dealkylation sites (tertiary alicyclic amines) is 1. The third-order valence-electron chi connectivity index (χ3n) is 4.37. The van der Waals surface area contributed by atoms with Crippen LogP contribution in [0.15, 0.2) is 18.7 Å². The summed E-state index contributed by atoms with van der Waals surface area (Å²) < 4.78 is 8.86. The third kappa shape index (κ3) is 3.97. The van der Waals surface area contributed by atoms with Gasteiger partial charge in [0.2, 0.25) is 5.91 Å². The molecule has 0 bridgehead atoms. The average Bonchev–Trinajstić information content (AvgIpc) is 3.29. The molecule has 1 fully saturated rings. The number of tetrazole rings is 1. The smallest absolute Gasteiger partial charge is 0.224 e. The number of carbonyl (C=O) groups excluding carboxylic acids is 1. The highest BCUT2D eigenvalue weighted by Gasteiger charge is 2.27. The van der Waals surface area contributed by atoms with Crippen LogP contribution in [-0.4, -0.2) is 67.4 Å². The minimum Gasteiger partial charge on any atom is -0.383 e. The van der Waals surface area contributed by atoms with Crippen molar-refractivity contribution in [3.63, 3.8) is 0 Å². The van der Waals surface area contributed by atoms with E-state index in [1.54, 1.807) is 11.8 Å². The van der Waals surface area contributed by atoms with E-state index in [0.717, 1.165) is 38.3 Å². The maximum Gasteiger partial charge on any atom is 0.224 e. The average molecular weight is 333 g/mol. The monoisotopic (exact) mass is 333 g/mol. The fourth-order valence-corrected chi connectivity index (χ4v) is 3.12. The van der Waals surface area contributed by atoms with Crippen molar-refractivity contribution in [1.29, 1.82) is 0 Å². The Balaban J connectivity index is 1.57. The van der Waals surface area contributed by atoms with E-state index < -0.39 is 0 Å². The molecule has 0 radical (unpaired) electrons. The summed E-state index contributed by atoms with van der Waals surface area (Å²) in [4.78, 5) is 18.9. The number of aryl methyl sites for hydroxylation is 1. The molecule has 0 saturated carbocycles. The summed E-state index contributed by atoms with van der Waals surface area (Å²) in [6, 6.07) is 0. The van der Waals surface area contributed by atoms with Crippen LogP contribution in [0.3, 0.4) is 0 Å². The Kier molecular flexibility index (Phi) is 5.52. The maximum absolute atomic E-state index is 12.5. The van der Waals surface area contributed by atoms with Gasteiger partial charge in [-0.2, -0.15) is 0 Å². The van der Waals surface area contributed by atoms with E-state index in [2.05, 4.69) is 25.1 Å². The van der Waals surface area contributed by atoms with Gasteiger partial charge in [0.15, 0.2) is 0 Å². The molecule has 130 valence electrons. The van der Waals surface area contributed by atoms with Gasteiger partial charge in [0.25, 0.3) is 0 Å². The predicted molar refractivity (Wildman–Crippen MR) is 85.1 cm³/mol. The Hall–Kier alpha value is -2.29. The van der Waals surface area contributed by atoms with Gasteiger partial charge in [-0.05, 0) is 23.3 Å². The van der Waals surface area contributed by atoms with Crippen LogP contribution in [0.2, 0.25) is 0 Å². The highest BCUT2D eigenvalue weighted by atomic mass is 16.5. The zero-order valence-electron chi connectivity index (χ0n) is 13.9. The molecule has 0 N–H and O–H groups in total. The summed E-state index contributed by atoms with van der Waals surface area (Å²) in [6.07, 6.45) is 7.80. The lowest BCUT2D eigenvalue weighted by Gasteiger charge is -2.32. The number of rotatable bonds is 7. The van der Waals surface area contributed by atoms with Crippen LogP contribution in [0.4, 0.5) is 0 Å². The Bertz CT molecular complexity index is 640. The number of methoxy groups -OCH3 is 1. The zero-order valence-corrected chi connectivity index (χ0v) is 13.9. The van der Waals surface area contributed by atoms with Gasteiger partial charge >= 0.3 is 0 Å². The Labute approximate surface area is 140 Å². The van der Waals surface area contributed by atoms with Crippen LogP contribution in [0, 0.1) is 0 Å². The number of hydrogen-bond acceptors (Lipinski definition) is 6. The first kappa shape index (κ1) is 16.6. The Morgan fingerprint density at radius 1 is 1.42 bits per heavy atom. The first-order valence-electron chi connectivity index (χ1n) is 8.26. The lowest BCUT2D eigenvalue weighted by Crippen LogP contribution is -2.40. The lowest BCUT2D eigenvalue weighted by atomic mass is 9.97. The second kappa shape index (κ2) is 8.00. The van der Waals surface area contributed by atoms with E-state index in [1.807, 2.05) is 17.3 Å². The quantitative estimate of drug-likeness (QED) is 0.724. The number of hydrogen-bond donors (Lipinski definition) is 0. The summed E-state index contributed by atoms with van der Waals surface area (Å²) in [5.74, 6) is 1.47. The molecule has 1 amide bonds. The second-order valence-electron chi connectivity index (χ2n) is 5.97. The second-order valence-corrected chi connectivity index (χ2v) is 5.97. The largest absolute Gasteiger partial charge is 0.383 e. The number of piperidine rings is 1. The first-order chi connectivity index (χ1) is 11.8. The van der Waals surface area contributed by atoms with Crippen LogP contribution >= 0.6 is 0 Å². The predicted octanol–water partition coefficient (Wildman–Crippen LogP) is 0.312. The maximum atomic E-state index is 12.5. The van der Waals surface area contributed by atoms with Crippen molar-refractivity contribution in [2.24, 2.45) is 0 Å². The molecule has 2 aromatic heterocycles. The molecule has 0 spiro atoms. The molecule has 1 saturated heterocycles. The molecule has 1 atom stereocenters. The molecule has 1 aliphatic rings. The van der Waals surface area contributed by atoms with Crippen molar-refractivity contribution in [3.05, 3.63) is 24.5 Å². The molecular weight excluding hydrogens is 310 g/mol. The molecule has 3 heterocycles. The van der Waals surface area contributed by atoms with Gasteiger partial charge in [0.05, 0.1) is 13.2 Å². The van der Waals surface area contributed by atoms with Crippen LogP contribution < -0.4 is 0 Å².